The van der Waals surface area contributed by atoms with Crippen molar-refractivity contribution < 1.29 is 27.9 Å². The van der Waals surface area contributed by atoms with Crippen molar-refractivity contribution in [2.45, 2.75) is 13.0 Å². The first-order valence-electron chi connectivity index (χ1n) is 10.7. The van der Waals surface area contributed by atoms with E-state index in [1.165, 1.54) is 35.3 Å². The fourth-order valence-corrected chi connectivity index (χ4v) is 4.65. The van der Waals surface area contributed by atoms with Gasteiger partial charge in [-0.05, 0) is 18.2 Å². The number of carboxylic acids is 1. The molecule has 0 fully saturated rings. The van der Waals surface area contributed by atoms with Gasteiger partial charge in [-0.2, -0.15) is 0 Å². The number of carboxylic acid groups (broad SMARTS) is 1. The van der Waals surface area contributed by atoms with Crippen LogP contribution < -0.4 is 5.56 Å². The molecule has 0 saturated heterocycles. The number of halogens is 2. The fourth-order valence-electron chi connectivity index (χ4n) is 4.65. The third-order valence-electron chi connectivity index (χ3n) is 6.19. The van der Waals surface area contributed by atoms with Crippen molar-refractivity contribution in [3.05, 3.63) is 81.7 Å². The number of dihydropyridines is 1. The normalized spacial score (nSPS) is 13.7. The summed E-state index contributed by atoms with van der Waals surface area (Å²) in [6.45, 7) is -0.384. The number of benzene rings is 2. The van der Waals surface area contributed by atoms with Gasteiger partial charge in [0.25, 0.3) is 11.5 Å². The minimum absolute atomic E-state index is 0.0000104. The van der Waals surface area contributed by atoms with Crippen LogP contribution in [0, 0.1) is 11.6 Å². The van der Waals surface area contributed by atoms with Crippen LogP contribution in [-0.4, -0.2) is 37.7 Å². The number of allylic oxidation sites excluding steroid dienone is 1. The number of aromatic carboxylic acids is 1. The van der Waals surface area contributed by atoms with Crippen LogP contribution in [0.2, 0.25) is 0 Å². The number of rotatable bonds is 4. The Hall–Kier alpha value is -4.93. The largest absolute Gasteiger partial charge is 0.477 e. The van der Waals surface area contributed by atoms with Crippen molar-refractivity contribution in [1.82, 2.24) is 14.5 Å². The maximum absolute atomic E-state index is 15.1. The number of amides is 1. The number of aliphatic imine (C=N–C) groups is 1. The van der Waals surface area contributed by atoms with Gasteiger partial charge in [0.15, 0.2) is 0 Å². The van der Waals surface area contributed by atoms with Gasteiger partial charge in [0.05, 0.1) is 46.3 Å². The number of H-pyrrole nitrogens is 1. The Bertz CT molecular complexity index is 1890. The van der Waals surface area contributed by atoms with Crippen LogP contribution in [0.15, 0.2) is 57.1 Å². The standard InChI is InChI=1S/C25H14F2N4O5/c26-15-7-17-14(24(33)30-10-29-17)6-11(15)9-31-18-8-16(27)12-3-5-36-22(12)20(18)19(21(31)25(34)35)13-2-1-4-28-23(13)32/h2-8,10H,1,9H2,(H,34,35)(H,29,30,33). The maximum atomic E-state index is 15.1. The minimum atomic E-state index is -1.43. The third-order valence-corrected chi connectivity index (χ3v) is 6.19. The van der Waals surface area contributed by atoms with E-state index in [1.54, 1.807) is 0 Å². The second kappa shape index (κ2) is 7.80. The average molecular weight is 488 g/mol. The second-order valence-electron chi connectivity index (χ2n) is 8.19. The molecule has 2 aromatic carbocycles. The molecule has 0 aliphatic carbocycles. The monoisotopic (exact) mass is 488 g/mol. The number of fused-ring (bicyclic) bond motifs is 4. The van der Waals surface area contributed by atoms with Gasteiger partial charge < -0.3 is 19.1 Å². The molecule has 1 amide bonds. The molecular weight excluding hydrogens is 474 g/mol. The van der Waals surface area contributed by atoms with Crippen LogP contribution in [-0.2, 0) is 11.3 Å². The Morgan fingerprint density at radius 3 is 2.78 bits per heavy atom. The Labute approximate surface area is 199 Å². The summed E-state index contributed by atoms with van der Waals surface area (Å²) < 4.78 is 36.8. The molecule has 0 atom stereocenters. The molecule has 3 aromatic heterocycles. The van der Waals surface area contributed by atoms with Gasteiger partial charge in [-0.1, -0.05) is 6.08 Å². The van der Waals surface area contributed by atoms with Crippen LogP contribution >= 0.6 is 0 Å². The number of nitrogens with zero attached hydrogens (tertiary/aromatic N) is 3. The van der Waals surface area contributed by atoms with Crippen LogP contribution in [0.1, 0.15) is 28.0 Å². The molecule has 2 N–H and O–H groups in total. The zero-order valence-corrected chi connectivity index (χ0v) is 18.2. The van der Waals surface area contributed by atoms with Crippen molar-refractivity contribution in [1.29, 1.82) is 0 Å². The third kappa shape index (κ3) is 3.09. The highest BCUT2D eigenvalue weighted by molar-refractivity contribution is 6.30. The highest BCUT2D eigenvalue weighted by Crippen LogP contribution is 2.40. The molecule has 178 valence electrons. The average Bonchev–Trinajstić information content (AvgIpc) is 3.44. The molecule has 5 aromatic rings. The summed E-state index contributed by atoms with van der Waals surface area (Å²) in [5.74, 6) is -3.51. The summed E-state index contributed by atoms with van der Waals surface area (Å²) >= 11 is 0. The van der Waals surface area contributed by atoms with Gasteiger partial charge in [-0.3, -0.25) is 9.59 Å². The van der Waals surface area contributed by atoms with E-state index in [-0.39, 0.29) is 68.1 Å². The van der Waals surface area contributed by atoms with E-state index in [9.17, 15) is 19.5 Å². The molecular formula is C25H14F2N4O5. The lowest BCUT2D eigenvalue weighted by Gasteiger charge is -2.12. The summed E-state index contributed by atoms with van der Waals surface area (Å²) in [6, 6.07) is 4.85. The van der Waals surface area contributed by atoms with Crippen LogP contribution in [0.5, 0.6) is 0 Å². The molecule has 0 radical (unpaired) electrons. The lowest BCUT2D eigenvalue weighted by atomic mass is 9.98. The highest BCUT2D eigenvalue weighted by Gasteiger charge is 2.31. The van der Waals surface area contributed by atoms with Gasteiger partial charge in [0.2, 0.25) is 0 Å². The fraction of sp³-hybridized carbons (Fsp3) is 0.0800. The van der Waals surface area contributed by atoms with E-state index >= 15 is 8.78 Å². The van der Waals surface area contributed by atoms with Crippen LogP contribution in [0.3, 0.4) is 0 Å². The Balaban J connectivity index is 1.71. The van der Waals surface area contributed by atoms with E-state index in [0.29, 0.717) is 0 Å². The Morgan fingerprint density at radius 1 is 1.17 bits per heavy atom. The molecule has 1 aliphatic heterocycles. The number of nitrogens with one attached hydrogen (secondary N) is 1. The second-order valence-corrected chi connectivity index (χ2v) is 8.19. The van der Waals surface area contributed by atoms with Crippen molar-refractivity contribution in [2.75, 3.05) is 0 Å². The topological polar surface area (TPSA) is 131 Å². The molecule has 0 unspecified atom stereocenters. The smallest absolute Gasteiger partial charge is 0.353 e. The predicted molar refractivity (Wildman–Crippen MR) is 126 cm³/mol. The van der Waals surface area contributed by atoms with Crippen LogP contribution in [0.4, 0.5) is 8.78 Å². The molecule has 11 heteroatoms. The van der Waals surface area contributed by atoms with Crippen molar-refractivity contribution in [2.24, 2.45) is 4.99 Å². The molecule has 0 bridgehead atoms. The number of hydrogen-bond donors (Lipinski definition) is 2. The molecule has 9 nitrogen and oxygen atoms in total. The Morgan fingerprint density at radius 2 is 2.00 bits per heavy atom. The quantitative estimate of drug-likeness (QED) is 0.393. The van der Waals surface area contributed by atoms with Gasteiger partial charge >= 0.3 is 5.97 Å². The van der Waals surface area contributed by atoms with Gasteiger partial charge in [0, 0.05) is 35.4 Å². The number of carbonyl (C=O) groups excluding carboxylic acids is 1. The maximum Gasteiger partial charge on any atom is 0.353 e. The predicted octanol–water partition coefficient (Wildman–Crippen LogP) is 4.03. The molecule has 0 saturated carbocycles. The number of hydrogen-bond acceptors (Lipinski definition) is 5. The van der Waals surface area contributed by atoms with E-state index < -0.39 is 29.1 Å². The van der Waals surface area contributed by atoms with Gasteiger partial charge in [-0.15, -0.1) is 0 Å². The highest BCUT2D eigenvalue weighted by atomic mass is 19.1. The molecule has 6 rings (SSSR count). The van der Waals surface area contributed by atoms with Crippen molar-refractivity contribution in [3.63, 3.8) is 0 Å². The lowest BCUT2D eigenvalue weighted by Crippen LogP contribution is -2.15. The van der Waals surface area contributed by atoms with Crippen molar-refractivity contribution in [3.8, 4) is 0 Å². The van der Waals surface area contributed by atoms with E-state index in [4.69, 9.17) is 4.42 Å². The SMILES string of the molecule is O=C1N=CCC=C1c1c(C(=O)O)n(Cc2cc3c(=O)[nH]cnc3cc2F)c2cc(F)c3ccoc3c12. The summed E-state index contributed by atoms with van der Waals surface area (Å²) in [6.07, 6.45) is 5.61. The van der Waals surface area contributed by atoms with E-state index in [1.807, 2.05) is 0 Å². The Kier molecular flexibility index (Phi) is 4.68. The molecule has 36 heavy (non-hydrogen) atoms. The molecule has 1 aliphatic rings. The summed E-state index contributed by atoms with van der Waals surface area (Å²) in [5.41, 5.74) is -0.650. The van der Waals surface area contributed by atoms with E-state index in [0.717, 1.165) is 18.5 Å². The van der Waals surface area contributed by atoms with Gasteiger partial charge in [0.1, 0.15) is 22.9 Å². The summed E-state index contributed by atoms with van der Waals surface area (Å²) in [5, 5.41) is 10.6. The summed E-state index contributed by atoms with van der Waals surface area (Å²) in [7, 11) is 0. The first kappa shape index (κ1) is 21.6. The van der Waals surface area contributed by atoms with Crippen LogP contribution in [0.25, 0.3) is 38.3 Å². The first-order valence-corrected chi connectivity index (χ1v) is 10.7. The zero-order chi connectivity index (χ0) is 25.1. The van der Waals surface area contributed by atoms with Gasteiger partial charge in [-0.25, -0.2) is 23.6 Å². The number of furan rings is 1. The first-order chi connectivity index (χ1) is 17.3. The molecule has 0 spiro atoms. The lowest BCUT2D eigenvalue weighted by molar-refractivity contribution is -0.112. The molecule has 4 heterocycles. The van der Waals surface area contributed by atoms with Crippen molar-refractivity contribution >= 4 is 56.4 Å². The van der Waals surface area contributed by atoms with E-state index in [2.05, 4.69) is 15.0 Å². The summed E-state index contributed by atoms with van der Waals surface area (Å²) in [4.78, 5) is 47.7. The number of aromatic nitrogens is 3. The minimum Gasteiger partial charge on any atom is -0.477 e. The number of aromatic amines is 1. The zero-order valence-electron chi connectivity index (χ0n) is 18.2. The number of carbonyl (C=O) groups is 2.